The molecule has 0 amide bonds. The zero-order chi connectivity index (χ0) is 10.7. The summed E-state index contributed by atoms with van der Waals surface area (Å²) in [6.07, 6.45) is 13.0. The van der Waals surface area contributed by atoms with Gasteiger partial charge < -0.3 is 0 Å². The van der Waals surface area contributed by atoms with E-state index in [-0.39, 0.29) is 0 Å². The van der Waals surface area contributed by atoms with Gasteiger partial charge in [-0.3, -0.25) is 4.99 Å². The maximum atomic E-state index is 4.76. The third-order valence-corrected chi connectivity index (χ3v) is 3.86. The molecule has 0 aromatic rings. The van der Waals surface area contributed by atoms with Gasteiger partial charge in [-0.1, -0.05) is 25.5 Å². The number of hydrogen-bond acceptors (Lipinski definition) is 1. The summed E-state index contributed by atoms with van der Waals surface area (Å²) in [6, 6.07) is 0. The normalized spacial score (nSPS) is 36.1. The largest absolute Gasteiger partial charge is 0.289 e. The molecule has 1 nitrogen and oxygen atoms in total. The van der Waals surface area contributed by atoms with E-state index in [4.69, 9.17) is 4.99 Å². The first-order valence-corrected chi connectivity index (χ1v) is 6.17. The van der Waals surface area contributed by atoms with Crippen LogP contribution in [0.3, 0.4) is 0 Å². The van der Waals surface area contributed by atoms with Crippen LogP contribution in [0.4, 0.5) is 0 Å². The molecule has 0 saturated heterocycles. The molecule has 82 valence electrons. The van der Waals surface area contributed by atoms with Gasteiger partial charge in [0.05, 0.1) is 0 Å². The number of hydrogen-bond donors (Lipinski definition) is 0. The van der Waals surface area contributed by atoms with Gasteiger partial charge in [0.2, 0.25) is 0 Å². The van der Waals surface area contributed by atoms with Crippen LogP contribution in [0.15, 0.2) is 29.8 Å². The number of fused-ring (bicyclic) bond motifs is 1. The van der Waals surface area contributed by atoms with Crippen LogP contribution in [-0.2, 0) is 0 Å². The minimum Gasteiger partial charge on any atom is -0.289 e. The lowest BCUT2D eigenvalue weighted by Crippen LogP contribution is -2.28. The van der Waals surface area contributed by atoms with Crippen molar-refractivity contribution in [3.63, 3.8) is 0 Å². The molecule has 2 atom stereocenters. The van der Waals surface area contributed by atoms with Crippen molar-refractivity contribution in [3.8, 4) is 0 Å². The second-order valence-corrected chi connectivity index (χ2v) is 4.77. The van der Waals surface area contributed by atoms with Gasteiger partial charge in [0.25, 0.3) is 0 Å². The van der Waals surface area contributed by atoms with E-state index in [1.54, 1.807) is 0 Å². The van der Waals surface area contributed by atoms with Crippen molar-refractivity contribution in [2.75, 3.05) is 6.54 Å². The fourth-order valence-corrected chi connectivity index (χ4v) is 3.13. The first kappa shape index (κ1) is 10.7. The summed E-state index contributed by atoms with van der Waals surface area (Å²) >= 11 is 0. The highest BCUT2D eigenvalue weighted by Crippen LogP contribution is 2.51. The Morgan fingerprint density at radius 1 is 1.67 bits per heavy atom. The second kappa shape index (κ2) is 4.34. The van der Waals surface area contributed by atoms with Crippen LogP contribution in [0.5, 0.6) is 0 Å². The van der Waals surface area contributed by atoms with Gasteiger partial charge >= 0.3 is 0 Å². The first-order chi connectivity index (χ1) is 7.33. The minimum atomic E-state index is 0.344. The Labute approximate surface area is 93.0 Å². The zero-order valence-electron chi connectivity index (χ0n) is 9.71. The fraction of sp³-hybridized carbons (Fsp3) is 0.643. The zero-order valence-corrected chi connectivity index (χ0v) is 9.71. The van der Waals surface area contributed by atoms with E-state index in [1.807, 2.05) is 0 Å². The van der Waals surface area contributed by atoms with Gasteiger partial charge in [-0.05, 0) is 37.7 Å². The third kappa shape index (κ3) is 1.68. The van der Waals surface area contributed by atoms with Gasteiger partial charge in [0.15, 0.2) is 0 Å². The number of rotatable bonds is 4. The quantitative estimate of drug-likeness (QED) is 0.617. The lowest BCUT2D eigenvalue weighted by molar-refractivity contribution is 0.375. The summed E-state index contributed by atoms with van der Waals surface area (Å²) in [4.78, 5) is 4.76. The molecule has 0 spiro atoms. The van der Waals surface area contributed by atoms with Crippen LogP contribution in [0.2, 0.25) is 0 Å². The number of aliphatic imine (C=N–C) groups is 1. The Kier molecular flexibility index (Phi) is 3.08. The SMILES string of the molecule is C=CC[C@@]12CCC[C@@H]1C=CC2=NCCC. The van der Waals surface area contributed by atoms with Crippen LogP contribution >= 0.6 is 0 Å². The lowest BCUT2D eigenvalue weighted by atomic mass is 9.75. The molecule has 1 fully saturated rings. The number of nitrogens with zero attached hydrogens (tertiary/aromatic N) is 1. The van der Waals surface area contributed by atoms with Gasteiger partial charge in [0, 0.05) is 17.7 Å². The van der Waals surface area contributed by atoms with Crippen LogP contribution in [0.25, 0.3) is 0 Å². The van der Waals surface area contributed by atoms with Gasteiger partial charge in [0.1, 0.15) is 0 Å². The van der Waals surface area contributed by atoms with E-state index in [0.717, 1.165) is 25.3 Å². The standard InChI is InChI=1S/C14H21N/c1-3-9-14-10-5-6-12(14)7-8-13(14)15-11-4-2/h3,7-8,12H,1,4-6,9-11H2,2H3/t12-,14-/m1/s1. The smallest absolute Gasteiger partial charge is 0.0415 e. The van der Waals surface area contributed by atoms with Gasteiger partial charge in [-0.15, -0.1) is 6.58 Å². The average Bonchev–Trinajstić information content (AvgIpc) is 2.74. The summed E-state index contributed by atoms with van der Waals surface area (Å²) in [6.45, 7) is 7.08. The van der Waals surface area contributed by atoms with Crippen LogP contribution in [0.1, 0.15) is 39.0 Å². The highest BCUT2D eigenvalue weighted by atomic mass is 14.8. The molecule has 0 aliphatic heterocycles. The summed E-state index contributed by atoms with van der Waals surface area (Å²) in [5, 5.41) is 0. The van der Waals surface area contributed by atoms with E-state index in [0.29, 0.717) is 5.41 Å². The van der Waals surface area contributed by atoms with E-state index < -0.39 is 0 Å². The van der Waals surface area contributed by atoms with Crippen LogP contribution < -0.4 is 0 Å². The third-order valence-electron chi connectivity index (χ3n) is 3.86. The van der Waals surface area contributed by atoms with Gasteiger partial charge in [-0.2, -0.15) is 0 Å². The Bertz CT molecular complexity index is 300. The summed E-state index contributed by atoms with van der Waals surface area (Å²) in [7, 11) is 0. The molecule has 0 bridgehead atoms. The Morgan fingerprint density at radius 3 is 3.27 bits per heavy atom. The topological polar surface area (TPSA) is 12.4 Å². The predicted molar refractivity (Wildman–Crippen MR) is 66.3 cm³/mol. The van der Waals surface area contributed by atoms with Crippen molar-refractivity contribution in [2.45, 2.75) is 39.0 Å². The molecule has 2 rings (SSSR count). The molecule has 1 saturated carbocycles. The van der Waals surface area contributed by atoms with E-state index in [9.17, 15) is 0 Å². The van der Waals surface area contributed by atoms with Crippen molar-refractivity contribution in [2.24, 2.45) is 16.3 Å². The molecule has 0 radical (unpaired) electrons. The van der Waals surface area contributed by atoms with Crippen molar-refractivity contribution < 1.29 is 0 Å². The first-order valence-electron chi connectivity index (χ1n) is 6.17. The van der Waals surface area contributed by atoms with Crippen LogP contribution in [0, 0.1) is 11.3 Å². The summed E-state index contributed by atoms with van der Waals surface area (Å²) in [5.74, 6) is 0.742. The molecule has 0 heterocycles. The Hall–Kier alpha value is -0.850. The molecular weight excluding hydrogens is 182 g/mol. The van der Waals surface area contributed by atoms with E-state index >= 15 is 0 Å². The second-order valence-electron chi connectivity index (χ2n) is 4.77. The van der Waals surface area contributed by atoms with Crippen LogP contribution in [-0.4, -0.2) is 12.3 Å². The highest BCUT2D eigenvalue weighted by Gasteiger charge is 2.46. The molecule has 2 aliphatic carbocycles. The molecule has 1 heteroatoms. The van der Waals surface area contributed by atoms with Gasteiger partial charge in [-0.25, -0.2) is 0 Å². The minimum absolute atomic E-state index is 0.344. The Balaban J connectivity index is 2.23. The molecule has 0 aromatic heterocycles. The molecule has 0 aromatic carbocycles. The average molecular weight is 203 g/mol. The maximum absolute atomic E-state index is 4.76. The maximum Gasteiger partial charge on any atom is 0.0415 e. The van der Waals surface area contributed by atoms with Crippen molar-refractivity contribution in [1.82, 2.24) is 0 Å². The Morgan fingerprint density at radius 2 is 2.53 bits per heavy atom. The monoisotopic (exact) mass is 203 g/mol. The predicted octanol–water partition coefficient (Wildman–Crippen LogP) is 3.77. The molecule has 15 heavy (non-hydrogen) atoms. The molecule has 0 unspecified atom stereocenters. The molecule has 2 aliphatic rings. The number of allylic oxidation sites excluding steroid dienone is 3. The summed E-state index contributed by atoms with van der Waals surface area (Å²) in [5.41, 5.74) is 1.70. The highest BCUT2D eigenvalue weighted by molar-refractivity contribution is 6.02. The van der Waals surface area contributed by atoms with E-state index in [1.165, 1.54) is 25.0 Å². The lowest BCUT2D eigenvalue weighted by Gasteiger charge is -2.29. The van der Waals surface area contributed by atoms with Crippen molar-refractivity contribution in [3.05, 3.63) is 24.8 Å². The van der Waals surface area contributed by atoms with Crippen molar-refractivity contribution in [1.29, 1.82) is 0 Å². The van der Waals surface area contributed by atoms with E-state index in [2.05, 4.69) is 31.7 Å². The molecule has 0 N–H and O–H groups in total. The fourth-order valence-electron chi connectivity index (χ4n) is 3.13. The van der Waals surface area contributed by atoms with Crippen molar-refractivity contribution >= 4 is 5.71 Å². The summed E-state index contributed by atoms with van der Waals surface area (Å²) < 4.78 is 0. The molecular formula is C14H21N.